The second kappa shape index (κ2) is 6.96. The summed E-state index contributed by atoms with van der Waals surface area (Å²) in [5, 5.41) is 5.32. The first-order valence-corrected chi connectivity index (χ1v) is 5.95. The molecule has 0 fully saturated rings. The normalized spacial score (nSPS) is 10.5. The standard InChI is InChI=1S/C13H20FN3O/c1-10-5-6-11(9-12(10)14)16-13(18)15-7-4-8-17(2)3/h5-6,9H,4,7-8H2,1-3H3,(H2,15,16,18). The number of hydrogen-bond donors (Lipinski definition) is 2. The summed E-state index contributed by atoms with van der Waals surface area (Å²) in [7, 11) is 3.96. The molecule has 100 valence electrons. The molecule has 2 amide bonds. The minimum atomic E-state index is -0.319. The molecule has 0 aliphatic carbocycles. The van der Waals surface area contributed by atoms with Gasteiger partial charge in [0.25, 0.3) is 0 Å². The zero-order valence-electron chi connectivity index (χ0n) is 11.1. The monoisotopic (exact) mass is 253 g/mol. The van der Waals surface area contributed by atoms with Gasteiger partial charge in [0.2, 0.25) is 0 Å². The van der Waals surface area contributed by atoms with Crippen LogP contribution < -0.4 is 10.6 Å². The number of hydrogen-bond acceptors (Lipinski definition) is 2. The molecule has 0 saturated heterocycles. The van der Waals surface area contributed by atoms with E-state index >= 15 is 0 Å². The van der Waals surface area contributed by atoms with E-state index < -0.39 is 0 Å². The van der Waals surface area contributed by atoms with Gasteiger partial charge < -0.3 is 15.5 Å². The second-order valence-corrected chi connectivity index (χ2v) is 4.50. The van der Waals surface area contributed by atoms with Crippen LogP contribution in [0.25, 0.3) is 0 Å². The lowest BCUT2D eigenvalue weighted by Gasteiger charge is -2.11. The summed E-state index contributed by atoms with van der Waals surface area (Å²) in [6.07, 6.45) is 0.878. The van der Waals surface area contributed by atoms with Crippen molar-refractivity contribution in [3.05, 3.63) is 29.6 Å². The fraction of sp³-hybridized carbons (Fsp3) is 0.462. The molecule has 0 aliphatic heterocycles. The smallest absolute Gasteiger partial charge is 0.319 e. The van der Waals surface area contributed by atoms with E-state index in [4.69, 9.17) is 0 Å². The lowest BCUT2D eigenvalue weighted by atomic mass is 10.2. The van der Waals surface area contributed by atoms with E-state index in [0.717, 1.165) is 13.0 Å². The number of benzene rings is 1. The molecule has 0 radical (unpaired) electrons. The largest absolute Gasteiger partial charge is 0.338 e. The molecular weight excluding hydrogens is 233 g/mol. The molecule has 0 aliphatic rings. The van der Waals surface area contributed by atoms with E-state index in [1.165, 1.54) is 6.07 Å². The second-order valence-electron chi connectivity index (χ2n) is 4.50. The highest BCUT2D eigenvalue weighted by Gasteiger charge is 2.03. The Morgan fingerprint density at radius 2 is 2.11 bits per heavy atom. The van der Waals surface area contributed by atoms with Crippen molar-refractivity contribution >= 4 is 11.7 Å². The zero-order valence-corrected chi connectivity index (χ0v) is 11.1. The summed E-state index contributed by atoms with van der Waals surface area (Å²) in [6, 6.07) is 4.32. The van der Waals surface area contributed by atoms with Crippen molar-refractivity contribution in [3.63, 3.8) is 0 Å². The lowest BCUT2D eigenvalue weighted by molar-refractivity contribution is 0.251. The van der Waals surface area contributed by atoms with Crippen LogP contribution in [0.3, 0.4) is 0 Å². The maximum Gasteiger partial charge on any atom is 0.319 e. The lowest BCUT2D eigenvalue weighted by Crippen LogP contribution is -2.31. The van der Waals surface area contributed by atoms with Crippen molar-refractivity contribution in [2.75, 3.05) is 32.5 Å². The van der Waals surface area contributed by atoms with Crippen molar-refractivity contribution in [2.45, 2.75) is 13.3 Å². The van der Waals surface area contributed by atoms with E-state index in [1.807, 2.05) is 14.1 Å². The SMILES string of the molecule is Cc1ccc(NC(=O)NCCCN(C)C)cc1F. The van der Waals surface area contributed by atoms with Gasteiger partial charge in [-0.3, -0.25) is 0 Å². The maximum absolute atomic E-state index is 13.2. The quantitative estimate of drug-likeness (QED) is 0.790. The summed E-state index contributed by atoms with van der Waals surface area (Å²) in [6.45, 7) is 3.19. The number of carbonyl (C=O) groups excluding carboxylic acids is 1. The number of halogens is 1. The molecule has 0 unspecified atom stereocenters. The Balaban J connectivity index is 2.33. The van der Waals surface area contributed by atoms with Crippen LogP contribution in [0.15, 0.2) is 18.2 Å². The number of amides is 2. The Hall–Kier alpha value is -1.62. The molecular formula is C13H20FN3O. The fourth-order valence-corrected chi connectivity index (χ4v) is 1.44. The number of nitrogens with one attached hydrogen (secondary N) is 2. The molecule has 0 saturated carbocycles. The summed E-state index contributed by atoms with van der Waals surface area (Å²) in [5.41, 5.74) is 1.02. The summed E-state index contributed by atoms with van der Waals surface area (Å²) in [5.74, 6) is -0.319. The van der Waals surface area contributed by atoms with E-state index in [2.05, 4.69) is 15.5 Å². The van der Waals surface area contributed by atoms with Crippen molar-refractivity contribution in [1.82, 2.24) is 10.2 Å². The highest BCUT2D eigenvalue weighted by atomic mass is 19.1. The molecule has 1 aromatic rings. The van der Waals surface area contributed by atoms with Crippen molar-refractivity contribution < 1.29 is 9.18 Å². The third-order valence-electron chi connectivity index (χ3n) is 2.50. The Morgan fingerprint density at radius 1 is 1.39 bits per heavy atom. The number of carbonyl (C=O) groups is 1. The van der Waals surface area contributed by atoms with Crippen LogP contribution in [0.2, 0.25) is 0 Å². The molecule has 1 aromatic carbocycles. The van der Waals surface area contributed by atoms with Gasteiger partial charge in [0.05, 0.1) is 0 Å². The third kappa shape index (κ3) is 5.14. The summed E-state index contributed by atoms with van der Waals surface area (Å²) < 4.78 is 13.2. The van der Waals surface area contributed by atoms with Gasteiger partial charge in [-0.1, -0.05) is 6.07 Å². The van der Waals surface area contributed by atoms with Gasteiger partial charge in [-0.05, 0) is 51.7 Å². The number of aryl methyl sites for hydroxylation is 1. The van der Waals surface area contributed by atoms with E-state index in [-0.39, 0.29) is 11.8 Å². The molecule has 18 heavy (non-hydrogen) atoms. The predicted molar refractivity (Wildman–Crippen MR) is 71.3 cm³/mol. The molecule has 4 nitrogen and oxygen atoms in total. The van der Waals surface area contributed by atoms with Crippen molar-refractivity contribution in [3.8, 4) is 0 Å². The van der Waals surface area contributed by atoms with Crippen LogP contribution in [-0.4, -0.2) is 38.1 Å². The number of rotatable bonds is 5. The van der Waals surface area contributed by atoms with Crippen molar-refractivity contribution in [2.24, 2.45) is 0 Å². The van der Waals surface area contributed by atoms with Gasteiger partial charge in [0.15, 0.2) is 0 Å². The predicted octanol–water partition coefficient (Wildman–Crippen LogP) is 2.21. The minimum absolute atomic E-state index is 0.308. The number of urea groups is 1. The fourth-order valence-electron chi connectivity index (χ4n) is 1.44. The van der Waals surface area contributed by atoms with Crippen molar-refractivity contribution in [1.29, 1.82) is 0 Å². The topological polar surface area (TPSA) is 44.4 Å². The number of anilines is 1. The molecule has 5 heteroatoms. The van der Waals surface area contributed by atoms with Crippen LogP contribution in [0.1, 0.15) is 12.0 Å². The maximum atomic E-state index is 13.2. The molecule has 0 aromatic heterocycles. The first kappa shape index (κ1) is 14.4. The average molecular weight is 253 g/mol. The summed E-state index contributed by atoms with van der Waals surface area (Å²) in [4.78, 5) is 13.5. The van der Waals surface area contributed by atoms with E-state index in [9.17, 15) is 9.18 Å². The Labute approximate surface area is 107 Å². The molecule has 1 rings (SSSR count). The van der Waals surface area contributed by atoms with Gasteiger partial charge in [0.1, 0.15) is 5.82 Å². The van der Waals surface area contributed by atoms with Gasteiger partial charge >= 0.3 is 6.03 Å². The number of nitrogens with zero attached hydrogens (tertiary/aromatic N) is 1. The molecule has 0 spiro atoms. The van der Waals surface area contributed by atoms with Crippen LogP contribution >= 0.6 is 0 Å². The van der Waals surface area contributed by atoms with Crippen LogP contribution in [0.4, 0.5) is 14.9 Å². The molecule has 0 heterocycles. The molecule has 2 N–H and O–H groups in total. The minimum Gasteiger partial charge on any atom is -0.338 e. The average Bonchev–Trinajstić information content (AvgIpc) is 2.29. The van der Waals surface area contributed by atoms with Crippen LogP contribution in [0, 0.1) is 12.7 Å². The molecule has 0 atom stereocenters. The Morgan fingerprint density at radius 3 is 2.72 bits per heavy atom. The highest BCUT2D eigenvalue weighted by Crippen LogP contribution is 2.13. The van der Waals surface area contributed by atoms with E-state index in [0.29, 0.717) is 17.8 Å². The Kier molecular flexibility index (Phi) is 5.58. The molecule has 0 bridgehead atoms. The Bertz CT molecular complexity index is 407. The van der Waals surface area contributed by atoms with Gasteiger partial charge in [-0.15, -0.1) is 0 Å². The third-order valence-corrected chi connectivity index (χ3v) is 2.50. The first-order valence-electron chi connectivity index (χ1n) is 5.95. The summed E-state index contributed by atoms with van der Waals surface area (Å²) >= 11 is 0. The van der Waals surface area contributed by atoms with Gasteiger partial charge in [0, 0.05) is 12.2 Å². The van der Waals surface area contributed by atoms with Crippen LogP contribution in [-0.2, 0) is 0 Å². The van der Waals surface area contributed by atoms with E-state index in [1.54, 1.807) is 19.1 Å². The van der Waals surface area contributed by atoms with Gasteiger partial charge in [-0.25, -0.2) is 9.18 Å². The van der Waals surface area contributed by atoms with Crippen LogP contribution in [0.5, 0.6) is 0 Å². The van der Waals surface area contributed by atoms with Gasteiger partial charge in [-0.2, -0.15) is 0 Å². The zero-order chi connectivity index (χ0) is 13.5. The highest BCUT2D eigenvalue weighted by molar-refractivity contribution is 5.89. The first-order chi connectivity index (χ1) is 8.49.